The second kappa shape index (κ2) is 6.39. The van der Waals surface area contributed by atoms with Crippen LogP contribution < -0.4 is 5.32 Å². The zero-order valence-corrected chi connectivity index (χ0v) is 13.7. The Morgan fingerprint density at radius 1 is 1.40 bits per heavy atom. The lowest BCUT2D eigenvalue weighted by molar-refractivity contribution is -0.148. The van der Waals surface area contributed by atoms with Gasteiger partial charge in [0.05, 0.1) is 12.8 Å². The molecule has 0 amide bonds. The van der Waals surface area contributed by atoms with Gasteiger partial charge in [0.2, 0.25) is 0 Å². The number of methoxy groups -OCH3 is 1. The van der Waals surface area contributed by atoms with Crippen molar-refractivity contribution >= 4 is 5.97 Å². The SMILES string of the molecule is COC(=O)C(C)(CCn1nc(C)c(C)c1C)NC(C)C. The molecule has 114 valence electrons. The summed E-state index contributed by atoms with van der Waals surface area (Å²) in [6.45, 7) is 12.7. The highest BCUT2D eigenvalue weighted by Crippen LogP contribution is 2.17. The summed E-state index contributed by atoms with van der Waals surface area (Å²) in [6.07, 6.45) is 0.638. The minimum Gasteiger partial charge on any atom is -0.468 e. The number of ether oxygens (including phenoxy) is 1. The molecule has 1 N–H and O–H groups in total. The number of nitrogens with zero attached hydrogens (tertiary/aromatic N) is 2. The fourth-order valence-electron chi connectivity index (χ4n) is 2.43. The Balaban J connectivity index is 2.86. The maximum absolute atomic E-state index is 12.0. The topological polar surface area (TPSA) is 56.2 Å². The molecule has 0 saturated carbocycles. The van der Waals surface area contributed by atoms with Gasteiger partial charge in [0.15, 0.2) is 0 Å². The zero-order valence-electron chi connectivity index (χ0n) is 13.7. The molecular weight excluding hydrogens is 254 g/mol. The maximum atomic E-state index is 12.0. The smallest absolute Gasteiger partial charge is 0.325 e. The molecule has 1 rings (SSSR count). The molecule has 0 radical (unpaired) electrons. The first kappa shape index (κ1) is 16.7. The van der Waals surface area contributed by atoms with E-state index < -0.39 is 5.54 Å². The predicted octanol–water partition coefficient (Wildman–Crippen LogP) is 2.13. The van der Waals surface area contributed by atoms with Gasteiger partial charge in [-0.2, -0.15) is 5.10 Å². The fourth-order valence-corrected chi connectivity index (χ4v) is 2.43. The Labute approximate surface area is 121 Å². The summed E-state index contributed by atoms with van der Waals surface area (Å²) in [7, 11) is 1.43. The largest absolute Gasteiger partial charge is 0.468 e. The van der Waals surface area contributed by atoms with Crippen molar-refractivity contribution in [1.82, 2.24) is 15.1 Å². The van der Waals surface area contributed by atoms with E-state index in [4.69, 9.17) is 4.74 Å². The van der Waals surface area contributed by atoms with Crippen LogP contribution in [0.5, 0.6) is 0 Å². The van der Waals surface area contributed by atoms with Crippen molar-refractivity contribution in [2.24, 2.45) is 0 Å². The maximum Gasteiger partial charge on any atom is 0.325 e. The summed E-state index contributed by atoms with van der Waals surface area (Å²) >= 11 is 0. The van der Waals surface area contributed by atoms with Crippen molar-refractivity contribution in [3.05, 3.63) is 17.0 Å². The molecule has 0 fully saturated rings. The Morgan fingerprint density at radius 2 is 2.00 bits per heavy atom. The van der Waals surface area contributed by atoms with Crippen LogP contribution >= 0.6 is 0 Å². The monoisotopic (exact) mass is 281 g/mol. The molecule has 0 spiro atoms. The minimum absolute atomic E-state index is 0.210. The number of hydrogen-bond acceptors (Lipinski definition) is 4. The molecule has 0 bridgehead atoms. The molecule has 5 heteroatoms. The van der Waals surface area contributed by atoms with Crippen LogP contribution in [0.15, 0.2) is 0 Å². The summed E-state index contributed by atoms with van der Waals surface area (Å²) in [5, 5.41) is 7.82. The van der Waals surface area contributed by atoms with Crippen LogP contribution in [0, 0.1) is 20.8 Å². The van der Waals surface area contributed by atoms with Gasteiger partial charge in [-0.1, -0.05) is 0 Å². The lowest BCUT2D eigenvalue weighted by Crippen LogP contribution is -2.53. The number of hydrogen-bond donors (Lipinski definition) is 1. The lowest BCUT2D eigenvalue weighted by atomic mass is 9.96. The quantitative estimate of drug-likeness (QED) is 0.812. The highest BCUT2D eigenvalue weighted by Gasteiger charge is 2.34. The third-order valence-corrected chi connectivity index (χ3v) is 3.81. The van der Waals surface area contributed by atoms with Gasteiger partial charge >= 0.3 is 5.97 Å². The molecule has 20 heavy (non-hydrogen) atoms. The van der Waals surface area contributed by atoms with Crippen LogP contribution in [0.3, 0.4) is 0 Å². The number of rotatable bonds is 6. The van der Waals surface area contributed by atoms with Crippen molar-refractivity contribution in [1.29, 1.82) is 0 Å². The van der Waals surface area contributed by atoms with E-state index >= 15 is 0 Å². The summed E-state index contributed by atoms with van der Waals surface area (Å²) in [4.78, 5) is 12.0. The van der Waals surface area contributed by atoms with Crippen LogP contribution in [0.25, 0.3) is 0 Å². The van der Waals surface area contributed by atoms with E-state index in [0.29, 0.717) is 13.0 Å². The van der Waals surface area contributed by atoms with Crippen LogP contribution in [0.4, 0.5) is 0 Å². The van der Waals surface area contributed by atoms with Gasteiger partial charge in [-0.25, -0.2) is 0 Å². The Morgan fingerprint density at radius 3 is 2.40 bits per heavy atom. The second-order valence-electron chi connectivity index (χ2n) is 5.89. The Kier molecular flexibility index (Phi) is 5.34. The molecule has 5 nitrogen and oxygen atoms in total. The normalized spacial score (nSPS) is 14.4. The van der Waals surface area contributed by atoms with Crippen molar-refractivity contribution in [3.63, 3.8) is 0 Å². The highest BCUT2D eigenvalue weighted by atomic mass is 16.5. The predicted molar refractivity (Wildman–Crippen MR) is 79.7 cm³/mol. The van der Waals surface area contributed by atoms with Gasteiger partial charge < -0.3 is 4.74 Å². The van der Waals surface area contributed by atoms with E-state index in [2.05, 4.69) is 24.3 Å². The van der Waals surface area contributed by atoms with Gasteiger partial charge in [-0.15, -0.1) is 0 Å². The molecule has 1 atom stereocenters. The molecule has 0 aliphatic carbocycles. The Bertz CT molecular complexity index is 480. The van der Waals surface area contributed by atoms with E-state index in [9.17, 15) is 4.79 Å². The molecule has 1 heterocycles. The van der Waals surface area contributed by atoms with Gasteiger partial charge in [0.25, 0.3) is 0 Å². The van der Waals surface area contributed by atoms with Gasteiger partial charge in [0, 0.05) is 18.3 Å². The van der Waals surface area contributed by atoms with Crippen molar-refractivity contribution in [2.75, 3.05) is 7.11 Å². The molecular formula is C15H27N3O2. The van der Waals surface area contributed by atoms with E-state index in [1.54, 1.807) is 0 Å². The van der Waals surface area contributed by atoms with E-state index in [1.165, 1.54) is 12.7 Å². The number of esters is 1. The highest BCUT2D eigenvalue weighted by molar-refractivity contribution is 5.80. The van der Waals surface area contributed by atoms with Crippen LogP contribution in [0.1, 0.15) is 44.1 Å². The minimum atomic E-state index is -0.691. The van der Waals surface area contributed by atoms with Gasteiger partial charge in [0.1, 0.15) is 5.54 Å². The molecule has 0 aliphatic heterocycles. The molecule has 0 saturated heterocycles. The second-order valence-corrected chi connectivity index (χ2v) is 5.89. The van der Waals surface area contributed by atoms with Gasteiger partial charge in [-0.3, -0.25) is 14.8 Å². The number of carbonyl (C=O) groups is 1. The molecule has 0 aliphatic rings. The van der Waals surface area contributed by atoms with E-state index in [1.807, 2.05) is 32.4 Å². The van der Waals surface area contributed by atoms with Crippen molar-refractivity contribution in [3.8, 4) is 0 Å². The first-order valence-electron chi connectivity index (χ1n) is 7.08. The molecule has 1 aromatic heterocycles. The zero-order chi connectivity index (χ0) is 15.5. The lowest BCUT2D eigenvalue weighted by Gasteiger charge is -2.30. The van der Waals surface area contributed by atoms with E-state index in [0.717, 1.165) is 11.4 Å². The van der Waals surface area contributed by atoms with Crippen molar-refractivity contribution in [2.45, 2.75) is 66.1 Å². The molecule has 1 aromatic rings. The van der Waals surface area contributed by atoms with Crippen LogP contribution in [0.2, 0.25) is 0 Å². The third kappa shape index (κ3) is 3.60. The summed E-state index contributed by atoms with van der Waals surface area (Å²) < 4.78 is 6.90. The standard InChI is InChI=1S/C15H27N3O2/c1-10(2)16-15(6,14(19)20-7)8-9-18-13(5)11(3)12(4)17-18/h10,16H,8-9H2,1-7H3. The van der Waals surface area contributed by atoms with Gasteiger partial charge in [-0.05, 0) is 53.5 Å². The Hall–Kier alpha value is -1.36. The number of aromatic nitrogens is 2. The number of carbonyl (C=O) groups excluding carboxylic acids is 1. The third-order valence-electron chi connectivity index (χ3n) is 3.81. The average molecular weight is 281 g/mol. The average Bonchev–Trinajstić information content (AvgIpc) is 2.62. The number of nitrogens with one attached hydrogen (secondary N) is 1. The summed E-state index contributed by atoms with van der Waals surface area (Å²) in [5.74, 6) is -0.232. The molecule has 0 aromatic carbocycles. The first-order valence-corrected chi connectivity index (χ1v) is 7.08. The summed E-state index contributed by atoms with van der Waals surface area (Å²) in [6, 6.07) is 0.210. The first-order chi connectivity index (χ1) is 9.21. The fraction of sp³-hybridized carbons (Fsp3) is 0.733. The number of aryl methyl sites for hydroxylation is 2. The van der Waals surface area contributed by atoms with Crippen molar-refractivity contribution < 1.29 is 9.53 Å². The van der Waals surface area contributed by atoms with Crippen LogP contribution in [-0.4, -0.2) is 34.4 Å². The molecule has 1 unspecified atom stereocenters. The van der Waals surface area contributed by atoms with Crippen LogP contribution in [-0.2, 0) is 16.1 Å². The van der Waals surface area contributed by atoms with E-state index in [-0.39, 0.29) is 12.0 Å². The summed E-state index contributed by atoms with van der Waals surface area (Å²) in [5.41, 5.74) is 2.71.